The molecule has 0 bridgehead atoms. The van der Waals surface area contributed by atoms with Gasteiger partial charge in [-0.25, -0.2) is 18.6 Å². The number of alkyl halides is 3. The van der Waals surface area contributed by atoms with Gasteiger partial charge in [-0.15, -0.1) is 0 Å². The molecule has 3 N–H and O–H groups in total. The average molecular weight is 547 g/mol. The van der Waals surface area contributed by atoms with Gasteiger partial charge in [-0.2, -0.15) is 13.2 Å². The molecule has 1 atom stereocenters. The Kier molecular flexibility index (Phi) is 7.52. The summed E-state index contributed by atoms with van der Waals surface area (Å²) >= 11 is 0. The Bertz CT molecular complexity index is 1530. The van der Waals surface area contributed by atoms with E-state index in [0.29, 0.717) is 0 Å². The number of amides is 1. The Morgan fingerprint density at radius 2 is 1.74 bits per heavy atom. The molecule has 204 valence electrons. The molecule has 0 fully saturated rings. The van der Waals surface area contributed by atoms with Crippen LogP contribution in [0.15, 0.2) is 55.0 Å². The van der Waals surface area contributed by atoms with Crippen LogP contribution >= 0.6 is 0 Å². The van der Waals surface area contributed by atoms with Crippen molar-refractivity contribution in [1.82, 2.24) is 19.7 Å². The number of carbonyl (C=O) groups excluding carboxylic acids is 1. The van der Waals surface area contributed by atoms with E-state index in [2.05, 4.69) is 20.6 Å². The predicted molar refractivity (Wildman–Crippen MR) is 131 cm³/mol. The molecular formula is C26H22F5N5O3. The second-order valence-corrected chi connectivity index (χ2v) is 8.94. The minimum atomic E-state index is -4.68. The monoisotopic (exact) mass is 547 g/mol. The predicted octanol–water partition coefficient (Wildman–Crippen LogP) is 4.94. The van der Waals surface area contributed by atoms with Gasteiger partial charge in [0.2, 0.25) is 0 Å². The van der Waals surface area contributed by atoms with Gasteiger partial charge in [0.25, 0.3) is 5.91 Å². The van der Waals surface area contributed by atoms with E-state index in [1.54, 1.807) is 13.8 Å². The lowest BCUT2D eigenvalue weighted by molar-refractivity contribution is -0.139. The molecule has 13 heteroatoms. The molecule has 0 radical (unpaired) electrons. The first-order valence-electron chi connectivity index (χ1n) is 11.6. The van der Waals surface area contributed by atoms with Gasteiger partial charge >= 0.3 is 12.1 Å². The van der Waals surface area contributed by atoms with E-state index in [0.717, 1.165) is 24.3 Å². The molecule has 4 rings (SSSR count). The van der Waals surface area contributed by atoms with E-state index in [9.17, 15) is 36.6 Å². The van der Waals surface area contributed by atoms with E-state index in [1.165, 1.54) is 35.1 Å². The maximum atomic E-state index is 14.6. The van der Waals surface area contributed by atoms with Gasteiger partial charge < -0.3 is 20.1 Å². The number of pyridine rings is 2. The molecule has 3 aromatic heterocycles. The summed E-state index contributed by atoms with van der Waals surface area (Å²) in [6.45, 7) is 3.51. The maximum Gasteiger partial charge on any atom is 0.418 e. The molecule has 0 saturated carbocycles. The molecule has 3 heterocycles. The molecule has 0 aliphatic heterocycles. The number of nitrogens with zero attached hydrogens (tertiary/aromatic N) is 3. The Labute approximate surface area is 218 Å². The first-order valence-corrected chi connectivity index (χ1v) is 11.6. The third-order valence-electron chi connectivity index (χ3n) is 5.74. The van der Waals surface area contributed by atoms with Crippen molar-refractivity contribution in [3.05, 3.63) is 83.4 Å². The van der Waals surface area contributed by atoms with Crippen LogP contribution in [0.4, 0.5) is 27.6 Å². The number of nitrogens with one attached hydrogen (secondary N) is 2. The summed E-state index contributed by atoms with van der Waals surface area (Å²) in [5.41, 5.74) is -1.82. The van der Waals surface area contributed by atoms with Gasteiger partial charge in [-0.1, -0.05) is 0 Å². The minimum absolute atomic E-state index is 0.0480. The number of hydrogen-bond donors (Lipinski definition) is 3. The van der Waals surface area contributed by atoms with E-state index in [1.807, 2.05) is 0 Å². The summed E-state index contributed by atoms with van der Waals surface area (Å²) in [6.07, 6.45) is -1.14. The molecule has 0 unspecified atom stereocenters. The highest BCUT2D eigenvalue weighted by Gasteiger charge is 2.35. The van der Waals surface area contributed by atoms with E-state index < -0.39 is 46.9 Å². The quantitative estimate of drug-likeness (QED) is 0.270. The number of rotatable bonds is 8. The SMILES string of the molecule is CC(C)Nc1cc(F)c(C(=O)N[C@@H](Cc2ccc(-c3ncccc3C(F)(F)F)c3nccn23)C(=O)O)c(F)c1. The number of carboxylic acids is 1. The van der Waals surface area contributed by atoms with Gasteiger partial charge in [0.05, 0.1) is 11.3 Å². The van der Waals surface area contributed by atoms with Crippen LogP contribution in [0.2, 0.25) is 0 Å². The number of carboxylic acid groups (broad SMARTS) is 1. The molecule has 0 saturated heterocycles. The summed E-state index contributed by atoms with van der Waals surface area (Å²) in [5, 5.41) is 14.6. The number of imidazole rings is 1. The molecule has 0 spiro atoms. The van der Waals surface area contributed by atoms with Crippen LogP contribution in [0.25, 0.3) is 16.9 Å². The zero-order valence-electron chi connectivity index (χ0n) is 20.6. The Hall–Kier alpha value is -4.55. The highest BCUT2D eigenvalue weighted by atomic mass is 19.4. The van der Waals surface area contributed by atoms with Crippen molar-refractivity contribution in [3.63, 3.8) is 0 Å². The molecule has 39 heavy (non-hydrogen) atoms. The van der Waals surface area contributed by atoms with Crippen molar-refractivity contribution in [1.29, 1.82) is 0 Å². The molecular weight excluding hydrogens is 525 g/mol. The van der Waals surface area contributed by atoms with Gasteiger partial charge in [0.1, 0.15) is 28.9 Å². The zero-order valence-corrected chi connectivity index (χ0v) is 20.6. The van der Waals surface area contributed by atoms with E-state index >= 15 is 0 Å². The van der Waals surface area contributed by atoms with Crippen LogP contribution in [0.3, 0.4) is 0 Å². The number of benzene rings is 1. The lowest BCUT2D eigenvalue weighted by atomic mass is 10.0. The fraction of sp³-hybridized carbons (Fsp3) is 0.231. The van der Waals surface area contributed by atoms with Gasteiger partial charge in [0, 0.05) is 48.0 Å². The fourth-order valence-corrected chi connectivity index (χ4v) is 4.12. The van der Waals surface area contributed by atoms with E-state index in [-0.39, 0.29) is 40.7 Å². The molecule has 0 aliphatic rings. The first kappa shape index (κ1) is 27.5. The maximum absolute atomic E-state index is 14.6. The molecule has 1 aromatic carbocycles. The normalized spacial score (nSPS) is 12.5. The largest absolute Gasteiger partial charge is 0.480 e. The van der Waals surface area contributed by atoms with E-state index in [4.69, 9.17) is 0 Å². The first-order chi connectivity index (χ1) is 18.4. The second-order valence-electron chi connectivity index (χ2n) is 8.94. The zero-order chi connectivity index (χ0) is 28.5. The van der Waals surface area contributed by atoms with Crippen molar-refractivity contribution < 1.29 is 36.6 Å². The van der Waals surface area contributed by atoms with Crippen LogP contribution in [0.1, 0.15) is 35.5 Å². The number of anilines is 1. The summed E-state index contributed by atoms with van der Waals surface area (Å²) in [4.78, 5) is 32.6. The number of fused-ring (bicyclic) bond motifs is 1. The Morgan fingerprint density at radius 3 is 2.36 bits per heavy atom. The molecule has 8 nitrogen and oxygen atoms in total. The van der Waals surface area contributed by atoms with Crippen molar-refractivity contribution >= 4 is 23.2 Å². The second kappa shape index (κ2) is 10.7. The third kappa shape index (κ3) is 5.81. The Morgan fingerprint density at radius 1 is 1.05 bits per heavy atom. The summed E-state index contributed by atoms with van der Waals surface area (Å²) < 4.78 is 71.2. The highest BCUT2D eigenvalue weighted by Crippen LogP contribution is 2.37. The number of halogens is 5. The smallest absolute Gasteiger partial charge is 0.418 e. The lowest BCUT2D eigenvalue weighted by Crippen LogP contribution is -2.43. The molecule has 0 aliphatic carbocycles. The minimum Gasteiger partial charge on any atom is -0.480 e. The highest BCUT2D eigenvalue weighted by molar-refractivity contribution is 5.97. The van der Waals surface area contributed by atoms with Crippen molar-refractivity contribution in [3.8, 4) is 11.3 Å². The van der Waals surface area contributed by atoms with Gasteiger partial charge in [-0.3, -0.25) is 9.78 Å². The average Bonchev–Trinajstić information content (AvgIpc) is 3.33. The number of aliphatic carboxylic acids is 1. The summed E-state index contributed by atoms with van der Waals surface area (Å²) in [7, 11) is 0. The van der Waals surface area contributed by atoms with Crippen molar-refractivity contribution in [2.45, 2.75) is 38.5 Å². The standard InChI is InChI=1S/C26H22F5N5O3/c1-13(2)34-14-10-18(27)21(19(28)11-14)24(37)35-20(25(38)39)12-15-5-6-16(23-33-8-9-36(15)23)22-17(26(29,30)31)4-3-7-32-22/h3-11,13,20,34H,12H2,1-2H3,(H,35,37)(H,38,39)/t20-/m0/s1. The number of aromatic nitrogens is 3. The number of hydrogen-bond acceptors (Lipinski definition) is 5. The van der Waals surface area contributed by atoms with Crippen LogP contribution in [0.5, 0.6) is 0 Å². The summed E-state index contributed by atoms with van der Waals surface area (Å²) in [5.74, 6) is -5.15. The van der Waals surface area contributed by atoms with Crippen LogP contribution in [-0.4, -0.2) is 43.4 Å². The lowest BCUT2D eigenvalue weighted by Gasteiger charge is -2.18. The van der Waals surface area contributed by atoms with Crippen molar-refractivity contribution in [2.75, 3.05) is 5.32 Å². The molecule has 4 aromatic rings. The van der Waals surface area contributed by atoms with Gasteiger partial charge in [0.15, 0.2) is 0 Å². The fourth-order valence-electron chi connectivity index (χ4n) is 4.12. The van der Waals surface area contributed by atoms with Crippen molar-refractivity contribution in [2.24, 2.45) is 0 Å². The number of carbonyl (C=O) groups is 2. The molecule has 1 amide bonds. The Balaban J connectivity index is 1.65. The van der Waals surface area contributed by atoms with Gasteiger partial charge in [-0.05, 0) is 50.2 Å². The topological polar surface area (TPSA) is 109 Å². The van der Waals surface area contributed by atoms with Crippen LogP contribution in [0, 0.1) is 11.6 Å². The summed E-state index contributed by atoms with van der Waals surface area (Å²) in [6, 6.07) is 4.80. The van der Waals surface area contributed by atoms with Crippen LogP contribution < -0.4 is 10.6 Å². The van der Waals surface area contributed by atoms with Crippen LogP contribution in [-0.2, 0) is 17.4 Å². The third-order valence-corrected chi connectivity index (χ3v) is 5.74.